The largest absolute Gasteiger partial charge is 0.365 e. The second kappa shape index (κ2) is 12.0. The van der Waals surface area contributed by atoms with Crippen molar-refractivity contribution in [3.63, 3.8) is 0 Å². The van der Waals surface area contributed by atoms with Crippen LogP contribution in [0.2, 0.25) is 5.02 Å². The zero-order valence-electron chi connectivity index (χ0n) is 22.7. The van der Waals surface area contributed by atoms with Crippen LogP contribution in [0.3, 0.4) is 0 Å². The summed E-state index contributed by atoms with van der Waals surface area (Å²) in [6.07, 6.45) is 1.73. The lowest BCUT2D eigenvalue weighted by Gasteiger charge is -2.31. The van der Waals surface area contributed by atoms with Crippen LogP contribution in [-0.4, -0.2) is 48.0 Å². The number of halogens is 1. The molecule has 1 aliphatic rings. The highest BCUT2D eigenvalue weighted by molar-refractivity contribution is 6.30. The van der Waals surface area contributed by atoms with E-state index in [2.05, 4.69) is 57.8 Å². The molecule has 7 nitrogen and oxygen atoms in total. The van der Waals surface area contributed by atoms with Gasteiger partial charge in [0.2, 0.25) is 11.9 Å². The Morgan fingerprint density at radius 3 is 2.36 bits per heavy atom. The summed E-state index contributed by atoms with van der Waals surface area (Å²) in [5.41, 5.74) is 5.26. The smallest absolute Gasteiger partial charge is 0.227 e. The summed E-state index contributed by atoms with van der Waals surface area (Å²) < 4.78 is 0. The molecule has 1 saturated heterocycles. The van der Waals surface area contributed by atoms with E-state index in [1.807, 2.05) is 55.4 Å². The lowest BCUT2D eigenvalue weighted by atomic mass is 9.95. The van der Waals surface area contributed by atoms with Gasteiger partial charge in [-0.25, -0.2) is 4.98 Å². The van der Waals surface area contributed by atoms with Crippen molar-refractivity contribution in [2.24, 2.45) is 5.92 Å². The van der Waals surface area contributed by atoms with Crippen LogP contribution in [0.1, 0.15) is 29.5 Å². The van der Waals surface area contributed by atoms with E-state index in [4.69, 9.17) is 16.6 Å². The number of amides is 1. The minimum atomic E-state index is 0.0355. The maximum Gasteiger partial charge on any atom is 0.227 e. The zero-order valence-corrected chi connectivity index (χ0v) is 23.5. The van der Waals surface area contributed by atoms with E-state index in [9.17, 15) is 4.79 Å². The number of aromatic nitrogens is 2. The van der Waals surface area contributed by atoms with Crippen molar-refractivity contribution in [3.8, 4) is 0 Å². The van der Waals surface area contributed by atoms with Crippen molar-refractivity contribution >= 4 is 45.9 Å². The Morgan fingerprint density at radius 2 is 1.67 bits per heavy atom. The quantitative estimate of drug-likeness (QED) is 0.279. The predicted octanol–water partition coefficient (Wildman–Crippen LogP) is 6.12. The Balaban J connectivity index is 1.14. The number of fused-ring (bicyclic) bond motifs is 1. The van der Waals surface area contributed by atoms with Crippen molar-refractivity contribution in [2.45, 2.75) is 32.9 Å². The molecule has 4 aromatic rings. The third kappa shape index (κ3) is 6.85. The van der Waals surface area contributed by atoms with Crippen LogP contribution in [0.25, 0.3) is 10.9 Å². The number of nitrogens with one attached hydrogen (secondary N) is 2. The number of hydrogen-bond acceptors (Lipinski definition) is 6. The number of likely N-dealkylation sites (tertiary alicyclic amines) is 1. The summed E-state index contributed by atoms with van der Waals surface area (Å²) in [4.78, 5) is 26.6. The molecule has 1 aromatic heterocycles. The average Bonchev–Trinajstić information content (AvgIpc) is 2.93. The summed E-state index contributed by atoms with van der Waals surface area (Å²) in [5.74, 6) is 1.62. The molecule has 39 heavy (non-hydrogen) atoms. The van der Waals surface area contributed by atoms with Crippen molar-refractivity contribution in [3.05, 3.63) is 88.4 Å². The van der Waals surface area contributed by atoms with Gasteiger partial charge in [0, 0.05) is 49.2 Å². The number of nitrogens with zero attached hydrogens (tertiary/aromatic N) is 4. The second-order valence-electron chi connectivity index (χ2n) is 10.5. The Kier molecular flexibility index (Phi) is 8.29. The maximum atomic E-state index is 12.9. The molecule has 5 rings (SSSR count). The van der Waals surface area contributed by atoms with Crippen LogP contribution >= 0.6 is 11.6 Å². The van der Waals surface area contributed by atoms with E-state index in [0.717, 1.165) is 71.0 Å². The minimum absolute atomic E-state index is 0.0355. The highest BCUT2D eigenvalue weighted by Crippen LogP contribution is 2.25. The molecule has 0 aliphatic carbocycles. The first-order valence-electron chi connectivity index (χ1n) is 13.4. The number of hydrogen-bond donors (Lipinski definition) is 2. The van der Waals surface area contributed by atoms with Crippen molar-refractivity contribution < 1.29 is 4.79 Å². The summed E-state index contributed by atoms with van der Waals surface area (Å²) in [7, 11) is 3.89. The van der Waals surface area contributed by atoms with Crippen molar-refractivity contribution in [1.29, 1.82) is 0 Å². The lowest BCUT2D eigenvalue weighted by Crippen LogP contribution is -2.37. The Hall–Kier alpha value is -3.68. The Bertz CT molecular complexity index is 1430. The minimum Gasteiger partial charge on any atom is -0.365 e. The number of piperidine rings is 1. The molecular formula is C31H35ClN6O. The fourth-order valence-electron chi connectivity index (χ4n) is 4.90. The number of rotatable bonds is 8. The summed E-state index contributed by atoms with van der Waals surface area (Å²) in [6, 6.07) is 22.2. The number of carbonyl (C=O) groups is 1. The number of carbonyl (C=O) groups excluding carboxylic acids is 1. The van der Waals surface area contributed by atoms with Crippen LogP contribution in [-0.2, 0) is 17.9 Å². The third-order valence-corrected chi connectivity index (χ3v) is 7.45. The van der Waals surface area contributed by atoms with Gasteiger partial charge in [-0.05, 0) is 85.9 Å². The van der Waals surface area contributed by atoms with Crippen molar-refractivity contribution in [1.82, 2.24) is 14.9 Å². The first-order chi connectivity index (χ1) is 18.8. The summed E-state index contributed by atoms with van der Waals surface area (Å²) in [5, 5.41) is 8.34. The van der Waals surface area contributed by atoms with Gasteiger partial charge in [-0.2, -0.15) is 4.98 Å². The highest BCUT2D eigenvalue weighted by Gasteiger charge is 2.25. The second-order valence-corrected chi connectivity index (χ2v) is 10.9. The van der Waals surface area contributed by atoms with Gasteiger partial charge in [0.05, 0.1) is 5.52 Å². The van der Waals surface area contributed by atoms with Gasteiger partial charge in [0.15, 0.2) is 0 Å². The normalized spacial score (nSPS) is 14.4. The van der Waals surface area contributed by atoms with Gasteiger partial charge in [0.1, 0.15) is 5.82 Å². The van der Waals surface area contributed by atoms with E-state index in [0.29, 0.717) is 12.5 Å². The molecule has 1 amide bonds. The molecule has 3 aromatic carbocycles. The molecule has 2 heterocycles. The van der Waals surface area contributed by atoms with E-state index in [-0.39, 0.29) is 11.8 Å². The molecule has 2 N–H and O–H groups in total. The van der Waals surface area contributed by atoms with Gasteiger partial charge in [-0.3, -0.25) is 9.69 Å². The molecule has 1 aliphatic heterocycles. The number of anilines is 3. The van der Waals surface area contributed by atoms with Gasteiger partial charge < -0.3 is 15.5 Å². The number of benzene rings is 3. The van der Waals surface area contributed by atoms with Gasteiger partial charge >= 0.3 is 0 Å². The third-order valence-electron chi connectivity index (χ3n) is 7.20. The lowest BCUT2D eigenvalue weighted by molar-refractivity contribution is -0.121. The number of aryl methyl sites for hydroxylation is 1. The molecule has 0 radical (unpaired) electrons. The summed E-state index contributed by atoms with van der Waals surface area (Å²) in [6.45, 7) is 5.40. The van der Waals surface area contributed by atoms with Gasteiger partial charge in [0.25, 0.3) is 0 Å². The maximum absolute atomic E-state index is 12.9. The van der Waals surface area contributed by atoms with Gasteiger partial charge in [-0.15, -0.1) is 0 Å². The fourth-order valence-corrected chi connectivity index (χ4v) is 5.03. The first kappa shape index (κ1) is 26.9. The molecule has 1 fully saturated rings. The summed E-state index contributed by atoms with van der Waals surface area (Å²) >= 11 is 6.00. The monoisotopic (exact) mass is 542 g/mol. The molecule has 8 heteroatoms. The predicted molar refractivity (Wildman–Crippen MR) is 160 cm³/mol. The Labute approximate surface area is 235 Å². The van der Waals surface area contributed by atoms with E-state index < -0.39 is 0 Å². The fraction of sp³-hybridized carbons (Fsp3) is 0.323. The van der Waals surface area contributed by atoms with Gasteiger partial charge in [-0.1, -0.05) is 41.9 Å². The molecule has 0 bridgehead atoms. The van der Waals surface area contributed by atoms with E-state index >= 15 is 0 Å². The zero-order chi connectivity index (χ0) is 27.4. The van der Waals surface area contributed by atoms with Crippen LogP contribution in [0, 0.1) is 12.8 Å². The molecule has 0 atom stereocenters. The van der Waals surface area contributed by atoms with Crippen LogP contribution in [0.4, 0.5) is 17.5 Å². The average molecular weight is 543 g/mol. The van der Waals surface area contributed by atoms with E-state index in [1.165, 1.54) is 5.56 Å². The first-order valence-corrected chi connectivity index (χ1v) is 13.8. The van der Waals surface area contributed by atoms with Crippen molar-refractivity contribution in [2.75, 3.05) is 42.7 Å². The van der Waals surface area contributed by atoms with Crippen LogP contribution in [0.15, 0.2) is 66.7 Å². The molecule has 0 saturated carbocycles. The molecule has 0 unspecified atom stereocenters. The molecule has 0 spiro atoms. The topological polar surface area (TPSA) is 73.4 Å². The van der Waals surface area contributed by atoms with Crippen LogP contribution in [0.5, 0.6) is 0 Å². The van der Waals surface area contributed by atoms with Crippen LogP contribution < -0.4 is 15.5 Å². The van der Waals surface area contributed by atoms with E-state index in [1.54, 1.807) is 0 Å². The molecule has 202 valence electrons. The Morgan fingerprint density at radius 1 is 0.974 bits per heavy atom. The SMILES string of the molecule is Cc1ccc2c(NCc3ccc(NC(=O)C4CCN(Cc5ccc(Cl)cc5)CC4)cc3)nc(N(C)C)nc2c1. The molecular weight excluding hydrogens is 508 g/mol. The highest BCUT2D eigenvalue weighted by atomic mass is 35.5. The standard InChI is InChI=1S/C31H35ClN6O/c1-21-4-13-27-28(18-21)35-31(37(2)3)36-29(27)33-19-22-7-11-26(12-8-22)34-30(39)24-14-16-38(17-15-24)20-23-5-9-25(32)10-6-23/h4-13,18,24H,14-17,19-20H2,1-3H3,(H,34,39)(H,33,35,36).